The molecule has 1 rings (SSSR count). The molecule has 0 bridgehead atoms. The second-order valence-electron chi connectivity index (χ2n) is 3.83. The van der Waals surface area contributed by atoms with E-state index in [-0.39, 0.29) is 0 Å². The highest BCUT2D eigenvalue weighted by atomic mass is 32.1. The topological polar surface area (TPSA) is 37.3 Å². The average Bonchev–Trinajstić information content (AvgIpc) is 2.46. The molecule has 78 valence electrons. The van der Waals surface area contributed by atoms with Gasteiger partial charge >= 0.3 is 5.97 Å². The standard InChI is InChI=1S/C11H16O2S/c1-4-9-8(5-7(2)3)6-14-10(9)11(12)13/h6-7H,4-5H2,1-3H3,(H,12,13). The molecule has 0 unspecified atom stereocenters. The maximum absolute atomic E-state index is 10.9. The molecule has 2 nitrogen and oxygen atoms in total. The van der Waals surface area contributed by atoms with Crippen molar-refractivity contribution in [2.45, 2.75) is 33.6 Å². The predicted octanol–water partition coefficient (Wildman–Crippen LogP) is 3.21. The zero-order valence-electron chi connectivity index (χ0n) is 8.83. The molecular weight excluding hydrogens is 196 g/mol. The van der Waals surface area contributed by atoms with Gasteiger partial charge in [0.15, 0.2) is 0 Å². The fourth-order valence-corrected chi connectivity index (χ4v) is 2.61. The van der Waals surface area contributed by atoms with Crippen molar-refractivity contribution in [1.29, 1.82) is 0 Å². The van der Waals surface area contributed by atoms with E-state index in [1.54, 1.807) is 0 Å². The maximum atomic E-state index is 10.9. The summed E-state index contributed by atoms with van der Waals surface area (Å²) in [6, 6.07) is 0. The summed E-state index contributed by atoms with van der Waals surface area (Å²) in [5.74, 6) is -0.210. The highest BCUT2D eigenvalue weighted by Crippen LogP contribution is 2.25. The Hall–Kier alpha value is -0.830. The lowest BCUT2D eigenvalue weighted by atomic mass is 9.99. The fourth-order valence-electron chi connectivity index (χ4n) is 1.60. The van der Waals surface area contributed by atoms with Gasteiger partial charge in [0, 0.05) is 0 Å². The molecule has 1 N–H and O–H groups in total. The van der Waals surface area contributed by atoms with E-state index in [0.29, 0.717) is 10.8 Å². The van der Waals surface area contributed by atoms with Crippen LogP contribution in [-0.2, 0) is 12.8 Å². The Kier molecular flexibility index (Phi) is 3.69. The first kappa shape index (κ1) is 11.2. The van der Waals surface area contributed by atoms with Crippen molar-refractivity contribution < 1.29 is 9.90 Å². The molecule has 0 aromatic carbocycles. The highest BCUT2D eigenvalue weighted by molar-refractivity contribution is 7.12. The molecule has 1 aromatic rings. The zero-order valence-corrected chi connectivity index (χ0v) is 9.65. The fraction of sp³-hybridized carbons (Fsp3) is 0.545. The van der Waals surface area contributed by atoms with E-state index in [4.69, 9.17) is 5.11 Å². The van der Waals surface area contributed by atoms with Crippen LogP contribution >= 0.6 is 11.3 Å². The summed E-state index contributed by atoms with van der Waals surface area (Å²) in [5.41, 5.74) is 2.24. The summed E-state index contributed by atoms with van der Waals surface area (Å²) >= 11 is 1.35. The molecule has 0 aliphatic carbocycles. The Balaban J connectivity index is 3.01. The molecule has 0 atom stereocenters. The first-order valence-electron chi connectivity index (χ1n) is 4.88. The van der Waals surface area contributed by atoms with E-state index in [2.05, 4.69) is 13.8 Å². The molecule has 0 fully saturated rings. The molecule has 3 heteroatoms. The van der Waals surface area contributed by atoms with E-state index < -0.39 is 5.97 Å². The average molecular weight is 212 g/mol. The normalized spacial score (nSPS) is 10.9. The van der Waals surface area contributed by atoms with Crippen molar-refractivity contribution in [2.24, 2.45) is 5.92 Å². The molecule has 0 aliphatic rings. The number of aromatic carboxylic acids is 1. The van der Waals surface area contributed by atoms with Crippen LogP contribution in [0.3, 0.4) is 0 Å². The number of carbonyl (C=O) groups is 1. The Morgan fingerprint density at radius 1 is 1.57 bits per heavy atom. The van der Waals surface area contributed by atoms with Crippen LogP contribution in [0.15, 0.2) is 5.38 Å². The van der Waals surface area contributed by atoms with E-state index in [0.717, 1.165) is 18.4 Å². The smallest absolute Gasteiger partial charge is 0.346 e. The number of rotatable bonds is 4. The second-order valence-corrected chi connectivity index (χ2v) is 4.70. The van der Waals surface area contributed by atoms with Crippen molar-refractivity contribution in [2.75, 3.05) is 0 Å². The largest absolute Gasteiger partial charge is 0.477 e. The number of hydrogen-bond acceptors (Lipinski definition) is 2. The third-order valence-corrected chi connectivity index (χ3v) is 3.22. The summed E-state index contributed by atoms with van der Waals surface area (Å²) in [4.78, 5) is 11.4. The van der Waals surface area contributed by atoms with Gasteiger partial charge < -0.3 is 5.11 Å². The summed E-state index contributed by atoms with van der Waals surface area (Å²) in [7, 11) is 0. The summed E-state index contributed by atoms with van der Waals surface area (Å²) in [6.07, 6.45) is 1.79. The first-order chi connectivity index (χ1) is 6.56. The van der Waals surface area contributed by atoms with Crippen molar-refractivity contribution in [3.63, 3.8) is 0 Å². The first-order valence-corrected chi connectivity index (χ1v) is 5.76. The molecule has 1 aromatic heterocycles. The van der Waals surface area contributed by atoms with Crippen LogP contribution in [-0.4, -0.2) is 11.1 Å². The van der Waals surface area contributed by atoms with Gasteiger partial charge in [0.1, 0.15) is 4.88 Å². The number of hydrogen-bond donors (Lipinski definition) is 1. The van der Waals surface area contributed by atoms with E-state index in [9.17, 15) is 4.79 Å². The monoisotopic (exact) mass is 212 g/mol. The predicted molar refractivity (Wildman–Crippen MR) is 59.2 cm³/mol. The van der Waals surface area contributed by atoms with Crippen LogP contribution in [0.1, 0.15) is 41.6 Å². The van der Waals surface area contributed by atoms with Gasteiger partial charge in [0.2, 0.25) is 0 Å². The van der Waals surface area contributed by atoms with E-state index >= 15 is 0 Å². The third kappa shape index (κ3) is 2.35. The van der Waals surface area contributed by atoms with Crippen molar-refractivity contribution in [3.8, 4) is 0 Å². The Bertz CT molecular complexity index is 326. The van der Waals surface area contributed by atoms with Crippen LogP contribution in [0.5, 0.6) is 0 Å². The van der Waals surface area contributed by atoms with Gasteiger partial charge in [-0.1, -0.05) is 20.8 Å². The lowest BCUT2D eigenvalue weighted by Crippen LogP contribution is -2.01. The van der Waals surface area contributed by atoms with Crippen LogP contribution in [0.25, 0.3) is 0 Å². The van der Waals surface area contributed by atoms with Gasteiger partial charge in [-0.2, -0.15) is 0 Å². The minimum Gasteiger partial charge on any atom is -0.477 e. The van der Waals surface area contributed by atoms with E-state index in [1.807, 2.05) is 12.3 Å². The molecule has 0 spiro atoms. The molecule has 0 aliphatic heterocycles. The third-order valence-electron chi connectivity index (χ3n) is 2.16. The highest BCUT2D eigenvalue weighted by Gasteiger charge is 2.15. The zero-order chi connectivity index (χ0) is 10.7. The SMILES string of the molecule is CCc1c(CC(C)C)csc1C(=O)O. The Morgan fingerprint density at radius 3 is 2.64 bits per heavy atom. The van der Waals surface area contributed by atoms with Crippen molar-refractivity contribution in [3.05, 3.63) is 21.4 Å². The maximum Gasteiger partial charge on any atom is 0.346 e. The van der Waals surface area contributed by atoms with Gasteiger partial charge in [-0.25, -0.2) is 4.79 Å². The molecule has 0 radical (unpaired) electrons. The minimum absolute atomic E-state index is 0.517. The molecule has 0 saturated carbocycles. The van der Waals surface area contributed by atoms with Crippen LogP contribution in [0, 0.1) is 5.92 Å². The molecule has 1 heterocycles. The summed E-state index contributed by atoms with van der Waals surface area (Å²) < 4.78 is 0. The summed E-state index contributed by atoms with van der Waals surface area (Å²) in [6.45, 7) is 6.31. The lowest BCUT2D eigenvalue weighted by molar-refractivity contribution is 0.0701. The molecular formula is C11H16O2S. The lowest BCUT2D eigenvalue weighted by Gasteiger charge is -2.05. The van der Waals surface area contributed by atoms with Crippen LogP contribution < -0.4 is 0 Å². The van der Waals surface area contributed by atoms with Gasteiger partial charge in [-0.05, 0) is 35.3 Å². The Labute approximate surface area is 88.6 Å². The Morgan fingerprint density at radius 2 is 2.21 bits per heavy atom. The van der Waals surface area contributed by atoms with E-state index in [1.165, 1.54) is 16.9 Å². The van der Waals surface area contributed by atoms with Gasteiger partial charge in [0.25, 0.3) is 0 Å². The van der Waals surface area contributed by atoms with Gasteiger partial charge in [-0.15, -0.1) is 11.3 Å². The van der Waals surface area contributed by atoms with Crippen LogP contribution in [0.4, 0.5) is 0 Å². The number of carboxylic acid groups (broad SMARTS) is 1. The second kappa shape index (κ2) is 4.60. The molecule has 0 amide bonds. The van der Waals surface area contributed by atoms with Gasteiger partial charge in [0.05, 0.1) is 0 Å². The number of carboxylic acids is 1. The van der Waals surface area contributed by atoms with Crippen molar-refractivity contribution in [1.82, 2.24) is 0 Å². The van der Waals surface area contributed by atoms with Crippen LogP contribution in [0.2, 0.25) is 0 Å². The minimum atomic E-state index is -0.790. The molecule has 14 heavy (non-hydrogen) atoms. The van der Waals surface area contributed by atoms with Crippen molar-refractivity contribution >= 4 is 17.3 Å². The number of thiophene rings is 1. The summed E-state index contributed by atoms with van der Waals surface area (Å²) in [5, 5.41) is 10.9. The van der Waals surface area contributed by atoms with Gasteiger partial charge in [-0.3, -0.25) is 0 Å². The quantitative estimate of drug-likeness (QED) is 0.832. The molecule has 0 saturated heterocycles.